The second kappa shape index (κ2) is 6.66. The molecule has 2 aromatic heterocycles. The number of ether oxygens (including phenoxy) is 2. The van der Waals surface area contributed by atoms with Crippen LogP contribution in [0.25, 0.3) is 11.3 Å². The minimum Gasteiger partial charge on any atom is -0.497 e. The topological polar surface area (TPSA) is 56.3 Å². The molecule has 0 atom stereocenters. The molecule has 3 aromatic rings. The van der Waals surface area contributed by atoms with Gasteiger partial charge in [-0.15, -0.1) is 11.3 Å². The van der Waals surface area contributed by atoms with Crippen molar-refractivity contribution in [1.82, 2.24) is 9.97 Å². The fourth-order valence-corrected chi connectivity index (χ4v) is 2.90. The molecule has 1 N–H and O–H groups in total. The van der Waals surface area contributed by atoms with Gasteiger partial charge in [0.1, 0.15) is 17.3 Å². The molecular weight excluding hydrogens is 310 g/mol. The fraction of sp³-hybridized carbons (Fsp3) is 0.176. The molecule has 0 aliphatic heterocycles. The number of methoxy groups -OCH3 is 2. The third-order valence-electron chi connectivity index (χ3n) is 3.34. The van der Waals surface area contributed by atoms with Crippen molar-refractivity contribution in [3.05, 3.63) is 47.5 Å². The molecule has 0 unspecified atom stereocenters. The van der Waals surface area contributed by atoms with Crippen LogP contribution in [-0.2, 0) is 0 Å². The molecule has 0 fully saturated rings. The minimum atomic E-state index is 0.760. The van der Waals surface area contributed by atoms with Crippen LogP contribution in [0.3, 0.4) is 0 Å². The molecule has 118 valence electrons. The lowest BCUT2D eigenvalue weighted by molar-refractivity contribution is 0.404. The highest BCUT2D eigenvalue weighted by atomic mass is 32.1. The predicted molar refractivity (Wildman–Crippen MR) is 92.9 cm³/mol. The lowest BCUT2D eigenvalue weighted by Gasteiger charge is -2.08. The summed E-state index contributed by atoms with van der Waals surface area (Å²) in [6.45, 7) is 2.03. The number of nitrogens with zero attached hydrogens (tertiary/aromatic N) is 2. The third kappa shape index (κ3) is 3.43. The van der Waals surface area contributed by atoms with Crippen molar-refractivity contribution in [3.8, 4) is 22.8 Å². The molecule has 0 aliphatic carbocycles. The van der Waals surface area contributed by atoms with Crippen molar-refractivity contribution in [1.29, 1.82) is 0 Å². The van der Waals surface area contributed by atoms with Crippen LogP contribution in [-0.4, -0.2) is 24.2 Å². The van der Waals surface area contributed by atoms with E-state index in [1.54, 1.807) is 20.4 Å². The van der Waals surface area contributed by atoms with Crippen LogP contribution in [0.15, 0.2) is 41.9 Å². The van der Waals surface area contributed by atoms with Crippen molar-refractivity contribution in [2.75, 3.05) is 19.5 Å². The summed E-state index contributed by atoms with van der Waals surface area (Å²) in [7, 11) is 3.29. The Morgan fingerprint density at radius 1 is 1.09 bits per heavy atom. The van der Waals surface area contributed by atoms with Crippen molar-refractivity contribution >= 4 is 22.3 Å². The summed E-state index contributed by atoms with van der Waals surface area (Å²) in [4.78, 5) is 8.91. The van der Waals surface area contributed by atoms with Gasteiger partial charge in [0.05, 0.1) is 19.9 Å². The van der Waals surface area contributed by atoms with E-state index in [9.17, 15) is 0 Å². The highest BCUT2D eigenvalue weighted by molar-refractivity contribution is 7.14. The molecule has 0 saturated carbocycles. The lowest BCUT2D eigenvalue weighted by atomic mass is 10.1. The SMILES string of the molecule is COc1ccc(OC)c(-c2csc(Nc3cc(C)ccn3)n2)c1. The zero-order chi connectivity index (χ0) is 16.2. The zero-order valence-electron chi connectivity index (χ0n) is 13.2. The maximum atomic E-state index is 5.42. The van der Waals surface area contributed by atoms with Gasteiger partial charge in [-0.05, 0) is 42.8 Å². The number of nitrogens with one attached hydrogen (secondary N) is 1. The number of rotatable bonds is 5. The largest absolute Gasteiger partial charge is 0.497 e. The van der Waals surface area contributed by atoms with Gasteiger partial charge < -0.3 is 14.8 Å². The average molecular weight is 327 g/mol. The molecule has 23 heavy (non-hydrogen) atoms. The van der Waals surface area contributed by atoms with Gasteiger partial charge in [-0.1, -0.05) is 0 Å². The van der Waals surface area contributed by atoms with Gasteiger partial charge in [-0.3, -0.25) is 0 Å². The first-order valence-corrected chi connectivity index (χ1v) is 7.95. The molecule has 0 radical (unpaired) electrons. The normalized spacial score (nSPS) is 10.4. The van der Waals surface area contributed by atoms with Crippen LogP contribution in [0, 0.1) is 6.92 Å². The Morgan fingerprint density at radius 3 is 2.70 bits per heavy atom. The van der Waals surface area contributed by atoms with Crippen LogP contribution in [0.4, 0.5) is 10.9 Å². The van der Waals surface area contributed by atoms with E-state index in [1.807, 2.05) is 42.6 Å². The quantitative estimate of drug-likeness (QED) is 0.758. The first kappa shape index (κ1) is 15.3. The summed E-state index contributed by atoms with van der Waals surface area (Å²) in [6.07, 6.45) is 1.78. The number of benzene rings is 1. The highest BCUT2D eigenvalue weighted by Crippen LogP contribution is 2.35. The molecule has 0 spiro atoms. The van der Waals surface area contributed by atoms with E-state index < -0.39 is 0 Å². The molecule has 5 nitrogen and oxygen atoms in total. The van der Waals surface area contributed by atoms with Gasteiger partial charge in [-0.25, -0.2) is 9.97 Å². The van der Waals surface area contributed by atoms with Crippen molar-refractivity contribution in [2.45, 2.75) is 6.92 Å². The van der Waals surface area contributed by atoms with Crippen LogP contribution in [0.5, 0.6) is 11.5 Å². The molecule has 3 rings (SSSR count). The second-order valence-electron chi connectivity index (χ2n) is 4.95. The maximum absolute atomic E-state index is 5.42. The molecular formula is C17H17N3O2S. The summed E-state index contributed by atoms with van der Waals surface area (Å²) in [5, 5.41) is 5.99. The summed E-state index contributed by atoms with van der Waals surface area (Å²) in [5.41, 5.74) is 2.88. The molecule has 6 heteroatoms. The predicted octanol–water partition coefficient (Wildman–Crippen LogP) is 4.27. The number of anilines is 2. The molecule has 0 aliphatic rings. The molecule has 0 amide bonds. The summed E-state index contributed by atoms with van der Waals surface area (Å²) < 4.78 is 10.7. The Labute approximate surface area is 138 Å². The monoisotopic (exact) mass is 327 g/mol. The van der Waals surface area contributed by atoms with Crippen LogP contribution >= 0.6 is 11.3 Å². The van der Waals surface area contributed by atoms with E-state index in [0.29, 0.717) is 0 Å². The number of aryl methyl sites for hydroxylation is 1. The van der Waals surface area contributed by atoms with E-state index in [1.165, 1.54) is 11.3 Å². The molecule has 0 bridgehead atoms. The third-order valence-corrected chi connectivity index (χ3v) is 4.09. The van der Waals surface area contributed by atoms with E-state index >= 15 is 0 Å². The number of hydrogen-bond donors (Lipinski definition) is 1. The Morgan fingerprint density at radius 2 is 1.96 bits per heavy atom. The van der Waals surface area contributed by atoms with E-state index in [-0.39, 0.29) is 0 Å². The maximum Gasteiger partial charge on any atom is 0.188 e. The summed E-state index contributed by atoms with van der Waals surface area (Å²) in [6, 6.07) is 9.60. The Balaban J connectivity index is 1.90. The second-order valence-corrected chi connectivity index (χ2v) is 5.81. The smallest absolute Gasteiger partial charge is 0.188 e. The average Bonchev–Trinajstić information content (AvgIpc) is 3.02. The highest BCUT2D eigenvalue weighted by Gasteiger charge is 2.12. The number of hydrogen-bond acceptors (Lipinski definition) is 6. The first-order valence-electron chi connectivity index (χ1n) is 7.07. The van der Waals surface area contributed by atoms with Crippen LogP contribution < -0.4 is 14.8 Å². The molecule has 1 aromatic carbocycles. The number of aromatic nitrogens is 2. The Hall–Kier alpha value is -2.60. The standard InChI is InChI=1S/C17H17N3O2S/c1-11-6-7-18-16(8-11)20-17-19-14(10-23-17)13-9-12(21-2)4-5-15(13)22-3/h4-10H,1-3H3,(H,18,19,20). The van der Waals surface area contributed by atoms with Crippen molar-refractivity contribution in [2.24, 2.45) is 0 Å². The van der Waals surface area contributed by atoms with Gasteiger partial charge in [-0.2, -0.15) is 0 Å². The Bertz CT molecular complexity index is 817. The number of pyridine rings is 1. The van der Waals surface area contributed by atoms with Crippen molar-refractivity contribution < 1.29 is 9.47 Å². The van der Waals surface area contributed by atoms with Crippen LogP contribution in [0.2, 0.25) is 0 Å². The summed E-state index contributed by atoms with van der Waals surface area (Å²) >= 11 is 1.52. The van der Waals surface area contributed by atoms with Crippen molar-refractivity contribution in [3.63, 3.8) is 0 Å². The van der Waals surface area contributed by atoms with Gasteiger partial charge >= 0.3 is 0 Å². The summed E-state index contributed by atoms with van der Waals surface area (Å²) in [5.74, 6) is 2.31. The molecule has 0 saturated heterocycles. The van der Waals surface area contributed by atoms with Gasteiger partial charge in [0.25, 0.3) is 0 Å². The van der Waals surface area contributed by atoms with Crippen LogP contribution in [0.1, 0.15) is 5.56 Å². The van der Waals surface area contributed by atoms with E-state index in [2.05, 4.69) is 15.3 Å². The lowest BCUT2D eigenvalue weighted by Crippen LogP contribution is -1.94. The van der Waals surface area contributed by atoms with E-state index in [4.69, 9.17) is 9.47 Å². The Kier molecular flexibility index (Phi) is 4.43. The molecule has 2 heterocycles. The fourth-order valence-electron chi connectivity index (χ4n) is 2.18. The van der Waals surface area contributed by atoms with E-state index in [0.717, 1.165) is 39.3 Å². The minimum absolute atomic E-state index is 0.760. The van der Waals surface area contributed by atoms with Gasteiger partial charge in [0.2, 0.25) is 0 Å². The van der Waals surface area contributed by atoms with Gasteiger partial charge in [0.15, 0.2) is 5.13 Å². The van der Waals surface area contributed by atoms with Gasteiger partial charge in [0, 0.05) is 17.1 Å². The number of thiazole rings is 1. The zero-order valence-corrected chi connectivity index (χ0v) is 14.0. The first-order chi connectivity index (χ1) is 11.2.